The van der Waals surface area contributed by atoms with Gasteiger partial charge < -0.3 is 10.4 Å². The minimum Gasteiger partial charge on any atom is -0.481 e. The molecule has 0 saturated carbocycles. The molecule has 0 aliphatic rings. The minimum atomic E-state index is -0.905. The zero-order chi connectivity index (χ0) is 17.7. The Kier molecular flexibility index (Phi) is 5.66. The van der Waals surface area contributed by atoms with E-state index in [1.807, 2.05) is 0 Å². The highest BCUT2D eigenvalue weighted by Gasteiger charge is 2.26. The number of carboxylic acids is 1. The summed E-state index contributed by atoms with van der Waals surface area (Å²) in [5.41, 5.74) is -0.104. The Morgan fingerprint density at radius 2 is 2.04 bits per heavy atom. The van der Waals surface area contributed by atoms with E-state index in [1.165, 1.54) is 17.4 Å². The quantitative estimate of drug-likeness (QED) is 0.804. The van der Waals surface area contributed by atoms with E-state index in [4.69, 9.17) is 5.11 Å². The van der Waals surface area contributed by atoms with Gasteiger partial charge in [-0.15, -0.1) is 11.3 Å². The third kappa shape index (κ3) is 4.61. The number of carbonyl (C=O) groups excluding carboxylic acids is 1. The SMILES string of the molecule is CC(C)(CCNC(=O)c1csc(Cc2ccccc2F)n1)C(=O)O. The lowest BCUT2D eigenvalue weighted by Crippen LogP contribution is -2.32. The van der Waals surface area contributed by atoms with E-state index >= 15 is 0 Å². The fraction of sp³-hybridized carbons (Fsp3) is 0.353. The largest absolute Gasteiger partial charge is 0.481 e. The van der Waals surface area contributed by atoms with E-state index in [2.05, 4.69) is 10.3 Å². The van der Waals surface area contributed by atoms with Crippen LogP contribution in [-0.2, 0) is 11.2 Å². The Hall–Kier alpha value is -2.28. The summed E-state index contributed by atoms with van der Waals surface area (Å²) in [6.07, 6.45) is 0.650. The molecule has 0 saturated heterocycles. The van der Waals surface area contributed by atoms with Gasteiger partial charge in [-0.2, -0.15) is 0 Å². The molecule has 1 amide bonds. The number of nitrogens with one attached hydrogen (secondary N) is 1. The van der Waals surface area contributed by atoms with Crippen molar-refractivity contribution in [1.29, 1.82) is 0 Å². The number of thiazole rings is 1. The van der Waals surface area contributed by atoms with Crippen LogP contribution < -0.4 is 5.32 Å². The second kappa shape index (κ2) is 7.53. The van der Waals surface area contributed by atoms with Gasteiger partial charge >= 0.3 is 5.97 Å². The number of hydrogen-bond donors (Lipinski definition) is 2. The molecule has 0 atom stereocenters. The topological polar surface area (TPSA) is 79.3 Å². The van der Waals surface area contributed by atoms with Gasteiger partial charge in [-0.25, -0.2) is 9.37 Å². The van der Waals surface area contributed by atoms with E-state index < -0.39 is 11.4 Å². The predicted molar refractivity (Wildman–Crippen MR) is 89.7 cm³/mol. The number of nitrogens with zero attached hydrogens (tertiary/aromatic N) is 1. The van der Waals surface area contributed by atoms with Crippen LogP contribution in [0, 0.1) is 11.2 Å². The van der Waals surface area contributed by atoms with Crippen molar-refractivity contribution in [3.05, 3.63) is 51.7 Å². The number of amides is 1. The Morgan fingerprint density at radius 1 is 1.33 bits per heavy atom. The van der Waals surface area contributed by atoms with Crippen LogP contribution in [0.2, 0.25) is 0 Å². The fourth-order valence-corrected chi connectivity index (χ4v) is 2.78. The molecule has 128 valence electrons. The van der Waals surface area contributed by atoms with Gasteiger partial charge in [0.05, 0.1) is 10.4 Å². The summed E-state index contributed by atoms with van der Waals surface area (Å²) in [6, 6.07) is 6.45. The van der Waals surface area contributed by atoms with Gasteiger partial charge in [-0.05, 0) is 31.9 Å². The molecule has 0 fully saturated rings. The number of halogens is 1. The van der Waals surface area contributed by atoms with E-state index in [9.17, 15) is 14.0 Å². The molecule has 0 unspecified atom stereocenters. The number of rotatable bonds is 7. The van der Waals surface area contributed by atoms with Crippen molar-refractivity contribution in [1.82, 2.24) is 10.3 Å². The molecule has 2 rings (SSSR count). The van der Waals surface area contributed by atoms with Crippen LogP contribution in [0.1, 0.15) is 41.3 Å². The number of carbonyl (C=O) groups is 2. The second-order valence-corrected chi connectivity index (χ2v) is 7.03. The molecule has 2 aromatic rings. The predicted octanol–water partition coefficient (Wildman–Crippen LogP) is 3.10. The number of carboxylic acid groups (broad SMARTS) is 1. The number of benzene rings is 1. The molecular weight excluding hydrogens is 331 g/mol. The smallest absolute Gasteiger partial charge is 0.309 e. The highest BCUT2D eigenvalue weighted by Crippen LogP contribution is 2.20. The lowest BCUT2D eigenvalue weighted by atomic mass is 9.90. The monoisotopic (exact) mass is 350 g/mol. The Bertz CT molecular complexity index is 743. The van der Waals surface area contributed by atoms with E-state index in [0.717, 1.165) is 0 Å². The Morgan fingerprint density at radius 3 is 2.71 bits per heavy atom. The standard InChI is InChI=1S/C17H19FN2O3S/c1-17(2,16(22)23)7-8-19-15(21)13-10-24-14(20-13)9-11-5-3-4-6-12(11)18/h3-6,10H,7-9H2,1-2H3,(H,19,21)(H,22,23). The molecule has 0 radical (unpaired) electrons. The summed E-state index contributed by atoms with van der Waals surface area (Å²) < 4.78 is 13.6. The fourth-order valence-electron chi connectivity index (χ4n) is 1.99. The van der Waals surface area contributed by atoms with Crippen LogP contribution in [-0.4, -0.2) is 28.5 Å². The summed E-state index contributed by atoms with van der Waals surface area (Å²) in [5, 5.41) is 14.0. The summed E-state index contributed by atoms with van der Waals surface area (Å²) in [4.78, 5) is 27.3. The van der Waals surface area contributed by atoms with Crippen LogP contribution >= 0.6 is 11.3 Å². The van der Waals surface area contributed by atoms with Gasteiger partial charge in [-0.3, -0.25) is 9.59 Å². The van der Waals surface area contributed by atoms with Crippen molar-refractivity contribution in [2.45, 2.75) is 26.7 Å². The molecular formula is C17H19FN2O3S. The van der Waals surface area contributed by atoms with Gasteiger partial charge in [-0.1, -0.05) is 18.2 Å². The van der Waals surface area contributed by atoms with Crippen molar-refractivity contribution in [3.63, 3.8) is 0 Å². The Balaban J connectivity index is 1.92. The first-order chi connectivity index (χ1) is 11.3. The van der Waals surface area contributed by atoms with Gasteiger partial charge in [0.1, 0.15) is 11.5 Å². The molecule has 1 aromatic carbocycles. The first-order valence-electron chi connectivity index (χ1n) is 7.49. The molecule has 5 nitrogen and oxygen atoms in total. The van der Waals surface area contributed by atoms with Gasteiger partial charge in [0.15, 0.2) is 0 Å². The summed E-state index contributed by atoms with van der Waals surface area (Å²) in [5.74, 6) is -1.56. The maximum atomic E-state index is 13.6. The highest BCUT2D eigenvalue weighted by atomic mass is 32.1. The van der Waals surface area contributed by atoms with E-state index in [0.29, 0.717) is 23.4 Å². The van der Waals surface area contributed by atoms with Gasteiger partial charge in [0.25, 0.3) is 5.91 Å². The van der Waals surface area contributed by atoms with Crippen LogP contribution in [0.15, 0.2) is 29.6 Å². The molecule has 0 spiro atoms. The number of hydrogen-bond acceptors (Lipinski definition) is 4. The molecule has 1 aromatic heterocycles. The molecule has 1 heterocycles. The zero-order valence-electron chi connectivity index (χ0n) is 13.5. The zero-order valence-corrected chi connectivity index (χ0v) is 14.3. The maximum absolute atomic E-state index is 13.6. The lowest BCUT2D eigenvalue weighted by molar-refractivity contribution is -0.147. The van der Waals surface area contributed by atoms with Crippen LogP contribution in [0.4, 0.5) is 4.39 Å². The van der Waals surface area contributed by atoms with Crippen LogP contribution in [0.3, 0.4) is 0 Å². The van der Waals surface area contributed by atoms with E-state index in [1.54, 1.807) is 37.4 Å². The first-order valence-corrected chi connectivity index (χ1v) is 8.37. The molecule has 0 bridgehead atoms. The number of aromatic nitrogens is 1. The van der Waals surface area contributed by atoms with Crippen molar-refractivity contribution in [2.24, 2.45) is 5.41 Å². The molecule has 0 aliphatic heterocycles. The van der Waals surface area contributed by atoms with E-state index in [-0.39, 0.29) is 24.0 Å². The second-order valence-electron chi connectivity index (χ2n) is 6.09. The maximum Gasteiger partial charge on any atom is 0.309 e. The molecule has 2 N–H and O–H groups in total. The van der Waals surface area contributed by atoms with Crippen molar-refractivity contribution < 1.29 is 19.1 Å². The third-order valence-electron chi connectivity index (χ3n) is 3.70. The minimum absolute atomic E-state index is 0.248. The Labute approximate surface area is 143 Å². The molecule has 24 heavy (non-hydrogen) atoms. The van der Waals surface area contributed by atoms with Crippen LogP contribution in [0.25, 0.3) is 0 Å². The highest BCUT2D eigenvalue weighted by molar-refractivity contribution is 7.09. The first kappa shape index (κ1) is 18.1. The van der Waals surface area contributed by atoms with Crippen molar-refractivity contribution in [3.8, 4) is 0 Å². The van der Waals surface area contributed by atoms with Crippen molar-refractivity contribution >= 4 is 23.2 Å². The normalized spacial score (nSPS) is 11.3. The summed E-state index contributed by atoms with van der Waals surface area (Å²) in [7, 11) is 0. The van der Waals surface area contributed by atoms with Crippen LogP contribution in [0.5, 0.6) is 0 Å². The summed E-state index contributed by atoms with van der Waals surface area (Å²) in [6.45, 7) is 3.46. The van der Waals surface area contributed by atoms with Gasteiger partial charge in [0, 0.05) is 18.3 Å². The number of aliphatic carboxylic acids is 1. The summed E-state index contributed by atoms with van der Waals surface area (Å²) >= 11 is 1.29. The van der Waals surface area contributed by atoms with Gasteiger partial charge in [0.2, 0.25) is 0 Å². The molecule has 7 heteroatoms. The average molecular weight is 350 g/mol. The van der Waals surface area contributed by atoms with Crippen molar-refractivity contribution in [2.75, 3.05) is 6.54 Å². The third-order valence-corrected chi connectivity index (χ3v) is 4.55. The molecule has 0 aliphatic carbocycles. The lowest BCUT2D eigenvalue weighted by Gasteiger charge is -2.18. The average Bonchev–Trinajstić information content (AvgIpc) is 2.98.